The van der Waals surface area contributed by atoms with E-state index < -0.39 is 17.5 Å². The topological polar surface area (TPSA) is 54.0 Å². The van der Waals surface area contributed by atoms with Gasteiger partial charge in [0.05, 0.1) is 6.20 Å². The van der Waals surface area contributed by atoms with Crippen molar-refractivity contribution in [2.75, 3.05) is 6.54 Å². The molecule has 0 unspecified atom stereocenters. The molecule has 2 aliphatic carbocycles. The number of fused-ring (bicyclic) bond motifs is 2. The number of nitrogens with zero attached hydrogens (tertiary/aromatic N) is 1. The zero-order valence-corrected chi connectivity index (χ0v) is 18.4. The van der Waals surface area contributed by atoms with Crippen molar-refractivity contribution in [3.63, 3.8) is 0 Å². The molecule has 168 valence electrons. The van der Waals surface area contributed by atoms with E-state index in [-0.39, 0.29) is 16.8 Å². The molecule has 2 bridgehead atoms. The van der Waals surface area contributed by atoms with Gasteiger partial charge in [0.2, 0.25) is 0 Å². The molecule has 0 saturated heterocycles. The first kappa shape index (κ1) is 23.1. The van der Waals surface area contributed by atoms with E-state index in [1.165, 1.54) is 51.4 Å². The van der Waals surface area contributed by atoms with Gasteiger partial charge in [-0.1, -0.05) is 51.9 Å². The maximum absolute atomic E-state index is 13.9. The maximum atomic E-state index is 13.9. The third-order valence-corrected chi connectivity index (χ3v) is 7.00. The number of carbonyl (C=O) groups excluding carboxylic acids is 1. The van der Waals surface area contributed by atoms with Crippen molar-refractivity contribution in [2.45, 2.75) is 108 Å². The number of hydrogen-bond donors (Lipinski definition) is 2. The molecule has 2 aliphatic rings. The smallest absolute Gasteiger partial charge is 0.273 e. The molecule has 30 heavy (non-hydrogen) atoms. The zero-order valence-electron chi connectivity index (χ0n) is 18.4. The lowest BCUT2D eigenvalue weighted by Crippen LogP contribution is -2.54. The van der Waals surface area contributed by atoms with Crippen molar-refractivity contribution >= 4 is 5.91 Å². The van der Waals surface area contributed by atoms with Crippen LogP contribution < -0.4 is 10.6 Å². The lowest BCUT2D eigenvalue weighted by Gasteiger charge is -2.40. The first-order chi connectivity index (χ1) is 14.5. The maximum Gasteiger partial charge on any atom is 0.273 e. The number of pyridine rings is 1. The van der Waals surface area contributed by atoms with Crippen molar-refractivity contribution < 1.29 is 13.6 Å². The van der Waals surface area contributed by atoms with Gasteiger partial charge >= 0.3 is 0 Å². The Bertz CT molecular complexity index is 714. The van der Waals surface area contributed by atoms with Gasteiger partial charge < -0.3 is 10.6 Å². The number of unbranched alkanes of at least 4 members (excludes halogenated alkanes) is 7. The van der Waals surface area contributed by atoms with Crippen LogP contribution in [0, 0.1) is 11.6 Å². The molecule has 0 spiro atoms. The van der Waals surface area contributed by atoms with Crippen molar-refractivity contribution in [3.8, 4) is 0 Å². The van der Waals surface area contributed by atoms with Gasteiger partial charge in [0.25, 0.3) is 5.91 Å². The summed E-state index contributed by atoms with van der Waals surface area (Å²) in [7, 11) is 0. The standard InChI is InChI=1S/C24H37F2N3O/c1-2-3-4-5-6-7-8-9-15-28-23-11-10-12-24(18-23,14-13-23)29-22(30)21-20(26)16-19(25)17-27-21/h16-17,28H,2-15,18H2,1H3,(H,29,30)/t23-,24+/m0/s1. The lowest BCUT2D eigenvalue weighted by atomic mass is 9.78. The Kier molecular flexibility index (Phi) is 8.20. The van der Waals surface area contributed by atoms with Crippen LogP contribution in [-0.4, -0.2) is 28.5 Å². The van der Waals surface area contributed by atoms with Crippen molar-refractivity contribution in [3.05, 3.63) is 29.6 Å². The summed E-state index contributed by atoms with van der Waals surface area (Å²) in [6, 6.07) is 0.713. The van der Waals surface area contributed by atoms with Crippen LogP contribution >= 0.6 is 0 Å². The van der Waals surface area contributed by atoms with Gasteiger partial charge in [-0.15, -0.1) is 0 Å². The second kappa shape index (κ2) is 10.7. The highest BCUT2D eigenvalue weighted by Gasteiger charge is 2.51. The van der Waals surface area contributed by atoms with Gasteiger partial charge in [0.15, 0.2) is 11.5 Å². The Morgan fingerprint density at radius 1 is 1.00 bits per heavy atom. The molecule has 0 aliphatic heterocycles. The summed E-state index contributed by atoms with van der Waals surface area (Å²) in [5.74, 6) is -2.21. The molecule has 1 amide bonds. The highest BCUT2D eigenvalue weighted by atomic mass is 19.1. The minimum Gasteiger partial charge on any atom is -0.345 e. The molecule has 0 aromatic carbocycles. The predicted octanol–water partition coefficient (Wildman–Crippen LogP) is 5.67. The Hall–Kier alpha value is -1.56. The number of rotatable bonds is 12. The molecule has 1 heterocycles. The van der Waals surface area contributed by atoms with Gasteiger partial charge in [0.1, 0.15) is 5.82 Å². The quantitative estimate of drug-likeness (QED) is 0.428. The number of aromatic nitrogens is 1. The monoisotopic (exact) mass is 421 g/mol. The van der Waals surface area contributed by atoms with E-state index in [9.17, 15) is 13.6 Å². The van der Waals surface area contributed by atoms with Crippen molar-refractivity contribution in [2.24, 2.45) is 0 Å². The minimum absolute atomic E-state index is 0.0847. The summed E-state index contributed by atoms with van der Waals surface area (Å²) < 4.78 is 27.0. The molecule has 2 atom stereocenters. The lowest BCUT2D eigenvalue weighted by molar-refractivity contribution is 0.0859. The highest BCUT2D eigenvalue weighted by Crippen LogP contribution is 2.48. The Morgan fingerprint density at radius 2 is 1.67 bits per heavy atom. The van der Waals surface area contributed by atoms with E-state index in [2.05, 4.69) is 22.5 Å². The van der Waals surface area contributed by atoms with Crippen LogP contribution in [0.2, 0.25) is 0 Å². The van der Waals surface area contributed by atoms with Crippen LogP contribution in [0.15, 0.2) is 12.3 Å². The number of carbonyl (C=O) groups is 1. The fourth-order valence-corrected chi connectivity index (χ4v) is 5.40. The van der Waals surface area contributed by atoms with E-state index in [1.54, 1.807) is 0 Å². The average molecular weight is 422 g/mol. The number of hydrogen-bond acceptors (Lipinski definition) is 3. The van der Waals surface area contributed by atoms with E-state index in [0.717, 1.165) is 51.3 Å². The molecule has 6 heteroatoms. The van der Waals surface area contributed by atoms with Gasteiger partial charge in [-0.3, -0.25) is 4.79 Å². The zero-order chi connectivity index (χ0) is 21.5. The van der Waals surface area contributed by atoms with Gasteiger partial charge in [0, 0.05) is 17.1 Å². The average Bonchev–Trinajstić information content (AvgIpc) is 2.96. The second-order valence-corrected chi connectivity index (χ2v) is 9.43. The van der Waals surface area contributed by atoms with Crippen LogP contribution in [0.5, 0.6) is 0 Å². The van der Waals surface area contributed by atoms with Gasteiger partial charge in [-0.2, -0.15) is 0 Å². The van der Waals surface area contributed by atoms with E-state index in [1.807, 2.05) is 0 Å². The van der Waals surface area contributed by atoms with Crippen LogP contribution in [0.4, 0.5) is 8.78 Å². The molecule has 2 fully saturated rings. The van der Waals surface area contributed by atoms with Gasteiger partial charge in [-0.05, 0) is 51.5 Å². The van der Waals surface area contributed by atoms with Crippen LogP contribution in [0.25, 0.3) is 0 Å². The summed E-state index contributed by atoms with van der Waals surface area (Å²) in [4.78, 5) is 16.3. The summed E-state index contributed by atoms with van der Waals surface area (Å²) in [6.07, 6.45) is 17.3. The molecule has 0 radical (unpaired) electrons. The van der Waals surface area contributed by atoms with Crippen LogP contribution in [0.1, 0.15) is 107 Å². The summed E-state index contributed by atoms with van der Waals surface area (Å²) >= 11 is 0. The molecule has 3 rings (SSSR count). The minimum atomic E-state index is -0.906. The first-order valence-electron chi connectivity index (χ1n) is 11.9. The van der Waals surface area contributed by atoms with E-state index in [4.69, 9.17) is 0 Å². The summed E-state index contributed by atoms with van der Waals surface area (Å²) in [5, 5.41) is 6.86. The molecule has 2 saturated carbocycles. The third-order valence-electron chi connectivity index (χ3n) is 7.00. The molecule has 1 aromatic heterocycles. The van der Waals surface area contributed by atoms with Crippen LogP contribution in [-0.2, 0) is 0 Å². The number of nitrogens with one attached hydrogen (secondary N) is 2. The molecular weight excluding hydrogens is 384 g/mol. The highest BCUT2D eigenvalue weighted by molar-refractivity contribution is 5.93. The SMILES string of the molecule is CCCCCCCCCCN[C@@]12CCC[C@@](NC(=O)c3ncc(F)cc3F)(CC1)C2. The number of amides is 1. The number of halogens is 2. The fraction of sp³-hybridized carbons (Fsp3) is 0.750. The summed E-state index contributed by atoms with van der Waals surface area (Å²) in [5.41, 5.74) is -0.535. The van der Waals surface area contributed by atoms with Gasteiger partial charge in [-0.25, -0.2) is 13.8 Å². The first-order valence-corrected chi connectivity index (χ1v) is 11.9. The predicted molar refractivity (Wildman–Crippen MR) is 115 cm³/mol. The van der Waals surface area contributed by atoms with Crippen molar-refractivity contribution in [1.29, 1.82) is 0 Å². The fourth-order valence-electron chi connectivity index (χ4n) is 5.40. The Balaban J connectivity index is 1.44. The molecule has 1 aromatic rings. The molecule has 2 N–H and O–H groups in total. The normalized spacial score (nSPS) is 25.4. The van der Waals surface area contributed by atoms with E-state index >= 15 is 0 Å². The molecule has 4 nitrogen and oxygen atoms in total. The van der Waals surface area contributed by atoms with Crippen molar-refractivity contribution in [1.82, 2.24) is 15.6 Å². The van der Waals surface area contributed by atoms with E-state index in [0.29, 0.717) is 6.07 Å². The summed E-state index contributed by atoms with van der Waals surface area (Å²) in [6.45, 7) is 3.27. The Morgan fingerprint density at radius 3 is 2.40 bits per heavy atom. The molecular formula is C24H37F2N3O. The Labute approximate surface area is 179 Å². The largest absolute Gasteiger partial charge is 0.345 e. The van der Waals surface area contributed by atoms with Crippen LogP contribution in [0.3, 0.4) is 0 Å². The third kappa shape index (κ3) is 5.99. The second-order valence-electron chi connectivity index (χ2n) is 9.43.